The molecule has 5 heteroatoms. The maximum atomic E-state index is 12.3. The number of nitrogens with zero attached hydrogens (tertiary/aromatic N) is 2. The summed E-state index contributed by atoms with van der Waals surface area (Å²) in [6, 6.07) is 7.49. The van der Waals surface area contributed by atoms with Gasteiger partial charge in [-0.15, -0.1) is 0 Å². The number of aromatic nitrogens is 2. The van der Waals surface area contributed by atoms with Crippen molar-refractivity contribution < 1.29 is 9.53 Å². The van der Waals surface area contributed by atoms with E-state index in [1.807, 2.05) is 58.9 Å². The predicted octanol–water partition coefficient (Wildman–Crippen LogP) is 3.35. The third-order valence-electron chi connectivity index (χ3n) is 2.57. The van der Waals surface area contributed by atoms with Gasteiger partial charge in [-0.05, 0) is 39.4 Å². The van der Waals surface area contributed by atoms with E-state index in [1.165, 1.54) is 4.57 Å². The molecule has 2 rings (SSSR count). The number of hydrogen-bond donors (Lipinski definition) is 1. The first kappa shape index (κ1) is 17.2. The summed E-state index contributed by atoms with van der Waals surface area (Å²) in [4.78, 5) is 16.7. The van der Waals surface area contributed by atoms with Crippen LogP contribution < -0.4 is 5.73 Å². The Hall–Kier alpha value is -1.88. The van der Waals surface area contributed by atoms with Crippen LogP contribution in [0.3, 0.4) is 0 Å². The Morgan fingerprint density at radius 1 is 1.29 bits per heavy atom. The third kappa shape index (κ3) is 4.29. The van der Waals surface area contributed by atoms with Gasteiger partial charge in [0.2, 0.25) is 0 Å². The maximum absolute atomic E-state index is 12.3. The molecule has 0 unspecified atom stereocenters. The van der Waals surface area contributed by atoms with Crippen LogP contribution in [0.25, 0.3) is 11.0 Å². The summed E-state index contributed by atoms with van der Waals surface area (Å²) >= 11 is 0. The monoisotopic (exact) mass is 291 g/mol. The van der Waals surface area contributed by atoms with Crippen LogP contribution in [0.2, 0.25) is 0 Å². The van der Waals surface area contributed by atoms with Crippen LogP contribution >= 0.6 is 0 Å². The van der Waals surface area contributed by atoms with Crippen molar-refractivity contribution in [1.29, 1.82) is 0 Å². The Bertz CT molecular complexity index is 597. The summed E-state index contributed by atoms with van der Waals surface area (Å²) in [5.41, 5.74) is 6.56. The van der Waals surface area contributed by atoms with E-state index in [4.69, 9.17) is 10.5 Å². The van der Waals surface area contributed by atoms with Crippen molar-refractivity contribution in [1.82, 2.24) is 9.55 Å². The van der Waals surface area contributed by atoms with Crippen molar-refractivity contribution in [3.63, 3.8) is 0 Å². The van der Waals surface area contributed by atoms with Gasteiger partial charge in [-0.3, -0.25) is 0 Å². The summed E-state index contributed by atoms with van der Waals surface area (Å²) in [6.45, 7) is 9.96. The number of para-hydroxylation sites is 2. The molecule has 0 aliphatic heterocycles. The average Bonchev–Trinajstić information content (AvgIpc) is 2.77. The van der Waals surface area contributed by atoms with Gasteiger partial charge in [0.25, 0.3) is 0 Å². The second-order valence-electron chi connectivity index (χ2n) is 5.37. The Kier molecular flexibility index (Phi) is 5.90. The highest BCUT2D eigenvalue weighted by Gasteiger charge is 2.22. The zero-order valence-electron chi connectivity index (χ0n) is 13.5. The second-order valence-corrected chi connectivity index (χ2v) is 5.37. The van der Waals surface area contributed by atoms with Crippen LogP contribution in [0, 0.1) is 0 Å². The lowest BCUT2D eigenvalue weighted by atomic mass is 10.2. The normalized spacial score (nSPS) is 11.0. The Morgan fingerprint density at radius 3 is 2.48 bits per heavy atom. The molecule has 0 aliphatic carbocycles. The van der Waals surface area contributed by atoms with Gasteiger partial charge in [-0.25, -0.2) is 14.3 Å². The van der Waals surface area contributed by atoms with Crippen LogP contribution in [0.1, 0.15) is 40.4 Å². The van der Waals surface area contributed by atoms with Gasteiger partial charge in [0.15, 0.2) is 0 Å². The first-order valence-electron chi connectivity index (χ1n) is 7.32. The van der Waals surface area contributed by atoms with Crippen LogP contribution in [0.15, 0.2) is 24.3 Å². The predicted molar refractivity (Wildman–Crippen MR) is 85.5 cm³/mol. The minimum atomic E-state index is -0.539. The van der Waals surface area contributed by atoms with Gasteiger partial charge in [0.1, 0.15) is 11.4 Å². The number of carbonyl (C=O) groups excluding carboxylic acids is 1. The molecule has 0 aliphatic rings. The van der Waals surface area contributed by atoms with E-state index in [0.717, 1.165) is 11.0 Å². The molecule has 0 saturated heterocycles. The first-order chi connectivity index (χ1) is 9.92. The average molecular weight is 291 g/mol. The van der Waals surface area contributed by atoms with Crippen LogP contribution in [-0.2, 0) is 11.2 Å². The van der Waals surface area contributed by atoms with Crippen molar-refractivity contribution in [3.8, 4) is 0 Å². The van der Waals surface area contributed by atoms with Gasteiger partial charge in [0.05, 0.1) is 11.0 Å². The number of benzene rings is 1. The highest BCUT2D eigenvalue weighted by atomic mass is 16.6. The number of nitrogens with two attached hydrogens (primary N) is 1. The summed E-state index contributed by atoms with van der Waals surface area (Å²) < 4.78 is 6.93. The summed E-state index contributed by atoms with van der Waals surface area (Å²) in [5.74, 6) is 0.637. The quantitative estimate of drug-likeness (QED) is 0.921. The summed E-state index contributed by atoms with van der Waals surface area (Å²) in [7, 11) is 0. The fourth-order valence-electron chi connectivity index (χ4n) is 1.88. The van der Waals surface area contributed by atoms with E-state index in [-0.39, 0.29) is 0 Å². The number of hydrogen-bond acceptors (Lipinski definition) is 4. The number of rotatable bonds is 2. The zero-order valence-corrected chi connectivity index (χ0v) is 13.5. The van der Waals surface area contributed by atoms with Crippen LogP contribution in [-0.4, -0.2) is 27.8 Å². The van der Waals surface area contributed by atoms with Gasteiger partial charge >= 0.3 is 6.09 Å². The van der Waals surface area contributed by atoms with Gasteiger partial charge in [0, 0.05) is 6.42 Å². The molecule has 2 N–H and O–H groups in total. The third-order valence-corrected chi connectivity index (χ3v) is 2.57. The number of ether oxygens (including phenoxy) is 1. The second kappa shape index (κ2) is 7.22. The molecular weight excluding hydrogens is 266 g/mol. The lowest BCUT2D eigenvalue weighted by Crippen LogP contribution is -2.28. The van der Waals surface area contributed by atoms with Crippen molar-refractivity contribution in [2.75, 3.05) is 6.54 Å². The lowest BCUT2D eigenvalue weighted by Gasteiger charge is -2.20. The van der Waals surface area contributed by atoms with Gasteiger partial charge in [-0.2, -0.15) is 0 Å². The van der Waals surface area contributed by atoms with E-state index in [0.29, 0.717) is 18.8 Å². The van der Waals surface area contributed by atoms with E-state index in [2.05, 4.69) is 4.98 Å². The lowest BCUT2D eigenvalue weighted by molar-refractivity contribution is 0.0539. The molecule has 0 radical (unpaired) electrons. The molecule has 0 amide bonds. The van der Waals surface area contributed by atoms with Crippen molar-refractivity contribution >= 4 is 17.1 Å². The SMILES string of the molecule is CC.CC(C)(C)OC(=O)n1c(CCN)nc2ccccc21. The van der Waals surface area contributed by atoms with Gasteiger partial charge < -0.3 is 10.5 Å². The summed E-state index contributed by atoms with van der Waals surface area (Å²) in [6.07, 6.45) is 0.123. The largest absolute Gasteiger partial charge is 0.443 e. The van der Waals surface area contributed by atoms with Crippen molar-refractivity contribution in [3.05, 3.63) is 30.1 Å². The molecule has 2 aromatic rings. The molecule has 0 atom stereocenters. The molecule has 21 heavy (non-hydrogen) atoms. The van der Waals surface area contributed by atoms with Crippen LogP contribution in [0.5, 0.6) is 0 Å². The topological polar surface area (TPSA) is 70.1 Å². The molecule has 0 bridgehead atoms. The fraction of sp³-hybridized carbons (Fsp3) is 0.500. The van der Waals surface area contributed by atoms with Crippen molar-refractivity contribution in [2.45, 2.75) is 46.6 Å². The van der Waals surface area contributed by atoms with E-state index in [1.54, 1.807) is 0 Å². The number of carbonyl (C=O) groups is 1. The van der Waals surface area contributed by atoms with E-state index in [9.17, 15) is 4.79 Å². The highest BCUT2D eigenvalue weighted by Crippen LogP contribution is 2.18. The molecular formula is C16H25N3O2. The maximum Gasteiger partial charge on any atom is 0.420 e. The Labute approximate surface area is 126 Å². The molecule has 1 heterocycles. The molecule has 0 spiro atoms. The fourth-order valence-corrected chi connectivity index (χ4v) is 1.88. The Balaban J connectivity index is 0.00000106. The Morgan fingerprint density at radius 2 is 1.90 bits per heavy atom. The van der Waals surface area contributed by atoms with E-state index >= 15 is 0 Å². The molecule has 116 valence electrons. The molecule has 0 fully saturated rings. The molecule has 1 aromatic carbocycles. The standard InChI is InChI=1S/C14H19N3O2.C2H6/c1-14(2,3)19-13(18)17-11-7-5-4-6-10(11)16-12(17)8-9-15;1-2/h4-7H,8-9,15H2,1-3H3;1-2H3. The van der Waals surface area contributed by atoms with Crippen molar-refractivity contribution in [2.24, 2.45) is 5.73 Å². The zero-order chi connectivity index (χ0) is 16.0. The van der Waals surface area contributed by atoms with Crippen LogP contribution in [0.4, 0.5) is 4.79 Å². The summed E-state index contributed by atoms with van der Waals surface area (Å²) in [5, 5.41) is 0. The molecule has 0 saturated carbocycles. The smallest absolute Gasteiger partial charge is 0.420 e. The minimum absolute atomic E-state index is 0.412. The number of fused-ring (bicyclic) bond motifs is 1. The minimum Gasteiger partial charge on any atom is -0.443 e. The highest BCUT2D eigenvalue weighted by molar-refractivity contribution is 5.87. The molecule has 1 aromatic heterocycles. The number of imidazole rings is 1. The van der Waals surface area contributed by atoms with E-state index < -0.39 is 11.7 Å². The molecule has 5 nitrogen and oxygen atoms in total. The first-order valence-corrected chi connectivity index (χ1v) is 7.32. The van der Waals surface area contributed by atoms with Gasteiger partial charge in [-0.1, -0.05) is 26.0 Å².